The smallest absolute Gasteiger partial charge is 0.164 e. The lowest BCUT2D eigenvalue weighted by atomic mass is 9.96. The van der Waals surface area contributed by atoms with E-state index in [1.165, 1.54) is 27.3 Å². The number of aromatic nitrogens is 3. The van der Waals surface area contributed by atoms with Crippen LogP contribution >= 0.6 is 0 Å². The molecule has 2 heterocycles. The molecular weight excluding hydrogens is 550 g/mol. The van der Waals surface area contributed by atoms with Crippen LogP contribution in [0.15, 0.2) is 156 Å². The van der Waals surface area contributed by atoms with E-state index in [2.05, 4.69) is 84.9 Å². The average Bonchev–Trinajstić information content (AvgIpc) is 3.51. The minimum Gasteiger partial charge on any atom is -0.456 e. The third kappa shape index (κ3) is 4.35. The Hall–Kier alpha value is -6.13. The summed E-state index contributed by atoms with van der Waals surface area (Å²) < 4.78 is 6.20. The second-order valence-electron chi connectivity index (χ2n) is 11.3. The fourth-order valence-electron chi connectivity index (χ4n) is 6.30. The van der Waals surface area contributed by atoms with Crippen molar-refractivity contribution in [2.24, 2.45) is 0 Å². The van der Waals surface area contributed by atoms with E-state index >= 15 is 0 Å². The first kappa shape index (κ1) is 25.4. The number of hydrogen-bond donors (Lipinski definition) is 0. The van der Waals surface area contributed by atoms with Gasteiger partial charge in [0, 0.05) is 27.5 Å². The number of fused-ring (bicyclic) bond motifs is 6. The Kier molecular flexibility index (Phi) is 5.78. The molecule has 9 aromatic rings. The second kappa shape index (κ2) is 10.2. The summed E-state index contributed by atoms with van der Waals surface area (Å²) in [4.78, 5) is 15.2. The van der Waals surface area contributed by atoms with Crippen LogP contribution < -0.4 is 0 Å². The zero-order valence-corrected chi connectivity index (χ0v) is 24.2. The molecule has 45 heavy (non-hydrogen) atoms. The molecule has 4 heteroatoms. The molecule has 9 rings (SSSR count). The van der Waals surface area contributed by atoms with Crippen LogP contribution in [0.25, 0.3) is 88.8 Å². The first-order valence-corrected chi connectivity index (χ1v) is 15.0. The molecule has 0 aliphatic rings. The Bertz CT molecular complexity index is 2540. The van der Waals surface area contributed by atoms with Crippen molar-refractivity contribution in [2.45, 2.75) is 0 Å². The minimum absolute atomic E-state index is 0.611. The van der Waals surface area contributed by atoms with Crippen LogP contribution in [0.1, 0.15) is 0 Å². The zero-order chi connectivity index (χ0) is 29.7. The van der Waals surface area contributed by atoms with Gasteiger partial charge in [-0.25, -0.2) is 15.0 Å². The minimum atomic E-state index is 0.611. The Labute approximate surface area is 259 Å². The van der Waals surface area contributed by atoms with Gasteiger partial charge in [-0.1, -0.05) is 127 Å². The largest absolute Gasteiger partial charge is 0.456 e. The molecule has 0 spiro atoms. The third-order valence-corrected chi connectivity index (χ3v) is 8.52. The van der Waals surface area contributed by atoms with Gasteiger partial charge >= 0.3 is 0 Å². The van der Waals surface area contributed by atoms with Crippen molar-refractivity contribution >= 4 is 43.5 Å². The number of rotatable bonds is 4. The van der Waals surface area contributed by atoms with E-state index in [9.17, 15) is 0 Å². The van der Waals surface area contributed by atoms with E-state index in [4.69, 9.17) is 19.4 Å². The van der Waals surface area contributed by atoms with Crippen LogP contribution in [0.2, 0.25) is 0 Å². The van der Waals surface area contributed by atoms with E-state index in [-0.39, 0.29) is 0 Å². The van der Waals surface area contributed by atoms with Gasteiger partial charge in [-0.05, 0) is 56.9 Å². The van der Waals surface area contributed by atoms with Gasteiger partial charge in [-0.3, -0.25) is 0 Å². The molecular formula is C41H25N3O. The molecule has 0 aliphatic heterocycles. The average molecular weight is 576 g/mol. The second-order valence-corrected chi connectivity index (χ2v) is 11.3. The number of para-hydroxylation sites is 1. The molecule has 0 radical (unpaired) electrons. The fraction of sp³-hybridized carbons (Fsp3) is 0. The first-order chi connectivity index (χ1) is 22.3. The maximum Gasteiger partial charge on any atom is 0.164 e. The van der Waals surface area contributed by atoms with Crippen molar-refractivity contribution in [3.05, 3.63) is 152 Å². The SMILES string of the molecule is c1ccc(-c2ccc3ccc4ccc(-c5nc(-c6ccccc6)nc(-c6cccc7oc8ccccc8c67)n5)cc4c3c2)cc1. The highest BCUT2D eigenvalue weighted by Crippen LogP contribution is 2.37. The van der Waals surface area contributed by atoms with E-state index < -0.39 is 0 Å². The van der Waals surface area contributed by atoms with Crippen LogP contribution in [-0.2, 0) is 0 Å². The Morgan fingerprint density at radius 3 is 1.67 bits per heavy atom. The summed E-state index contributed by atoms with van der Waals surface area (Å²) in [7, 11) is 0. The molecule has 0 aliphatic carbocycles. The number of furan rings is 1. The Morgan fingerprint density at radius 1 is 0.356 bits per heavy atom. The summed E-state index contributed by atoms with van der Waals surface area (Å²) in [5.41, 5.74) is 6.82. The van der Waals surface area contributed by atoms with Crippen molar-refractivity contribution < 1.29 is 4.42 Å². The summed E-state index contributed by atoms with van der Waals surface area (Å²) >= 11 is 0. The van der Waals surface area contributed by atoms with Crippen LogP contribution in [0.3, 0.4) is 0 Å². The molecule has 0 fully saturated rings. The molecule has 4 nitrogen and oxygen atoms in total. The molecule has 0 amide bonds. The van der Waals surface area contributed by atoms with Gasteiger partial charge in [0.05, 0.1) is 0 Å². The topological polar surface area (TPSA) is 51.8 Å². The maximum absolute atomic E-state index is 6.20. The van der Waals surface area contributed by atoms with E-state index in [1.807, 2.05) is 66.7 Å². The standard InChI is InChI=1S/C41H25N3O/c1-3-10-26(11-4-1)30-22-20-27-18-19-28-21-23-31(25-35(28)34(27)24-30)40-42-39(29-12-5-2-6-13-29)43-41(44-40)33-15-9-17-37-38(33)32-14-7-8-16-36(32)45-37/h1-25H. The van der Waals surface area contributed by atoms with Crippen LogP contribution in [0.5, 0.6) is 0 Å². The van der Waals surface area contributed by atoms with Gasteiger partial charge in [0.25, 0.3) is 0 Å². The van der Waals surface area contributed by atoms with Crippen molar-refractivity contribution in [3.8, 4) is 45.3 Å². The highest BCUT2D eigenvalue weighted by Gasteiger charge is 2.18. The Morgan fingerprint density at radius 2 is 0.911 bits per heavy atom. The molecule has 0 saturated carbocycles. The molecule has 210 valence electrons. The zero-order valence-electron chi connectivity index (χ0n) is 24.2. The number of hydrogen-bond acceptors (Lipinski definition) is 4. The van der Waals surface area contributed by atoms with Crippen molar-refractivity contribution in [3.63, 3.8) is 0 Å². The van der Waals surface area contributed by atoms with Gasteiger partial charge in [0.15, 0.2) is 17.5 Å². The van der Waals surface area contributed by atoms with Crippen LogP contribution in [0, 0.1) is 0 Å². The van der Waals surface area contributed by atoms with Crippen LogP contribution in [-0.4, -0.2) is 15.0 Å². The predicted molar refractivity (Wildman–Crippen MR) is 184 cm³/mol. The summed E-state index contributed by atoms with van der Waals surface area (Å²) in [5.74, 6) is 1.87. The fourth-order valence-corrected chi connectivity index (χ4v) is 6.30. The molecule has 0 atom stereocenters. The van der Waals surface area contributed by atoms with E-state index in [0.29, 0.717) is 17.5 Å². The summed E-state index contributed by atoms with van der Waals surface area (Å²) in [5, 5.41) is 6.76. The molecule has 0 unspecified atom stereocenters. The van der Waals surface area contributed by atoms with Gasteiger partial charge in [-0.2, -0.15) is 0 Å². The highest BCUT2D eigenvalue weighted by atomic mass is 16.3. The van der Waals surface area contributed by atoms with Crippen molar-refractivity contribution in [1.29, 1.82) is 0 Å². The maximum atomic E-state index is 6.20. The summed E-state index contributed by atoms with van der Waals surface area (Å²) in [6.45, 7) is 0. The summed E-state index contributed by atoms with van der Waals surface area (Å²) in [6.07, 6.45) is 0. The molecule has 0 N–H and O–H groups in total. The van der Waals surface area contributed by atoms with E-state index in [1.54, 1.807) is 0 Å². The monoisotopic (exact) mass is 575 g/mol. The molecule has 0 saturated heterocycles. The number of nitrogens with zero attached hydrogens (tertiary/aromatic N) is 3. The molecule has 7 aromatic carbocycles. The third-order valence-electron chi connectivity index (χ3n) is 8.52. The summed E-state index contributed by atoms with van der Waals surface area (Å²) in [6, 6.07) is 52.3. The van der Waals surface area contributed by atoms with Gasteiger partial charge < -0.3 is 4.42 Å². The molecule has 0 bridgehead atoms. The highest BCUT2D eigenvalue weighted by molar-refractivity contribution is 6.12. The Balaban J connectivity index is 1.28. The van der Waals surface area contributed by atoms with Gasteiger partial charge in [0.1, 0.15) is 11.2 Å². The van der Waals surface area contributed by atoms with E-state index in [0.717, 1.165) is 44.0 Å². The lowest BCUT2D eigenvalue weighted by molar-refractivity contribution is 0.669. The van der Waals surface area contributed by atoms with Gasteiger partial charge in [0.2, 0.25) is 0 Å². The molecule has 2 aromatic heterocycles. The quantitative estimate of drug-likeness (QED) is 0.196. The lowest BCUT2D eigenvalue weighted by Gasteiger charge is -2.11. The lowest BCUT2D eigenvalue weighted by Crippen LogP contribution is -2.00. The van der Waals surface area contributed by atoms with Crippen molar-refractivity contribution in [2.75, 3.05) is 0 Å². The first-order valence-electron chi connectivity index (χ1n) is 15.0. The predicted octanol–water partition coefficient (Wildman–Crippen LogP) is 10.7. The normalized spacial score (nSPS) is 11.6. The van der Waals surface area contributed by atoms with Crippen molar-refractivity contribution in [1.82, 2.24) is 15.0 Å². The van der Waals surface area contributed by atoms with Crippen LogP contribution in [0.4, 0.5) is 0 Å². The van der Waals surface area contributed by atoms with Gasteiger partial charge in [-0.15, -0.1) is 0 Å². The number of benzene rings is 7.